The number of benzene rings is 1. The van der Waals surface area contributed by atoms with Gasteiger partial charge in [-0.3, -0.25) is 0 Å². The number of halogens is 2. The van der Waals surface area contributed by atoms with Crippen LogP contribution in [0.1, 0.15) is 30.9 Å². The molecule has 0 heterocycles. The number of carboxylic acids is 1. The molecule has 0 saturated carbocycles. The van der Waals surface area contributed by atoms with Gasteiger partial charge in [-0.2, -0.15) is 0 Å². The predicted molar refractivity (Wildman–Crippen MR) is 77.1 cm³/mol. The van der Waals surface area contributed by atoms with E-state index in [1.165, 1.54) is 5.56 Å². The quantitative estimate of drug-likeness (QED) is 0.775. The van der Waals surface area contributed by atoms with E-state index in [0.29, 0.717) is 5.56 Å². The van der Waals surface area contributed by atoms with Gasteiger partial charge in [0.05, 0.1) is 5.57 Å². The van der Waals surface area contributed by atoms with Gasteiger partial charge in [0.1, 0.15) is 0 Å². The molecule has 0 fully saturated rings. The lowest BCUT2D eigenvalue weighted by molar-refractivity contribution is -0.130. The smallest absolute Gasteiger partial charge is 0.335 e. The Hall–Kier alpha value is -0.610. The number of aliphatic carboxylic acids is 1. The van der Waals surface area contributed by atoms with Crippen LogP contribution in [0.4, 0.5) is 0 Å². The lowest BCUT2D eigenvalue weighted by Crippen LogP contribution is -2.01. The van der Waals surface area contributed by atoms with Gasteiger partial charge in [0.15, 0.2) is 0 Å². The average Bonchev–Trinajstić information content (AvgIpc) is 2.25. The number of hydrogen-bond donors (Lipinski definition) is 1. The van der Waals surface area contributed by atoms with E-state index in [0.717, 1.165) is 28.2 Å². The van der Waals surface area contributed by atoms with Gasteiger partial charge in [-0.25, -0.2) is 4.79 Å². The topological polar surface area (TPSA) is 37.3 Å². The van der Waals surface area contributed by atoms with Crippen LogP contribution >= 0.6 is 31.9 Å². The maximum Gasteiger partial charge on any atom is 0.335 e. The number of rotatable bonds is 5. The third kappa shape index (κ3) is 3.68. The number of aryl methyl sites for hydroxylation is 1. The molecule has 0 aliphatic heterocycles. The fourth-order valence-electron chi connectivity index (χ4n) is 1.55. The lowest BCUT2D eigenvalue weighted by atomic mass is 10.0. The first-order chi connectivity index (χ1) is 7.97. The van der Waals surface area contributed by atoms with E-state index in [-0.39, 0.29) is 5.57 Å². The molecule has 1 rings (SSSR count). The van der Waals surface area contributed by atoms with Crippen LogP contribution < -0.4 is 0 Å². The Labute approximate surface area is 118 Å². The summed E-state index contributed by atoms with van der Waals surface area (Å²) in [6, 6.07) is 3.92. The van der Waals surface area contributed by atoms with Gasteiger partial charge in [0.2, 0.25) is 0 Å². The summed E-state index contributed by atoms with van der Waals surface area (Å²) in [6.07, 6.45) is 3.25. The molecule has 0 unspecified atom stereocenters. The van der Waals surface area contributed by atoms with Crippen molar-refractivity contribution < 1.29 is 9.90 Å². The molecule has 0 bridgehead atoms. The maximum atomic E-state index is 10.9. The Morgan fingerprint density at radius 2 is 1.88 bits per heavy atom. The summed E-state index contributed by atoms with van der Waals surface area (Å²) >= 11 is 6.81. The second kappa shape index (κ2) is 6.36. The monoisotopic (exact) mass is 360 g/mol. The van der Waals surface area contributed by atoms with Gasteiger partial charge in [-0.15, -0.1) is 0 Å². The number of carboxylic acid groups (broad SMARTS) is 1. The third-order valence-corrected chi connectivity index (χ3v) is 3.73. The van der Waals surface area contributed by atoms with Crippen molar-refractivity contribution in [2.24, 2.45) is 0 Å². The minimum atomic E-state index is -1.01. The Balaban J connectivity index is 3.10. The second-order valence-electron chi connectivity index (χ2n) is 3.82. The number of unbranched alkanes of at least 4 members (excludes halogenated alkanes) is 1. The molecule has 2 nitrogen and oxygen atoms in total. The summed E-state index contributed by atoms with van der Waals surface area (Å²) in [4.78, 5) is 10.9. The van der Waals surface area contributed by atoms with Crippen LogP contribution in [0.15, 0.2) is 27.7 Å². The van der Waals surface area contributed by atoms with Crippen molar-refractivity contribution >= 4 is 43.4 Å². The molecule has 0 atom stereocenters. The molecule has 1 N–H and O–H groups in total. The molecule has 0 aliphatic carbocycles. The van der Waals surface area contributed by atoms with Gasteiger partial charge < -0.3 is 5.11 Å². The van der Waals surface area contributed by atoms with Crippen LogP contribution in [0.5, 0.6) is 0 Å². The van der Waals surface area contributed by atoms with Crippen molar-refractivity contribution in [2.75, 3.05) is 0 Å². The highest BCUT2D eigenvalue weighted by Gasteiger charge is 2.15. The minimum Gasteiger partial charge on any atom is -0.478 e. The van der Waals surface area contributed by atoms with Crippen LogP contribution in [0.2, 0.25) is 0 Å². The predicted octanol–water partition coefficient (Wildman–Crippen LogP) is 4.65. The average molecular weight is 362 g/mol. The molecule has 0 amide bonds. The Morgan fingerprint density at radius 3 is 2.29 bits per heavy atom. The first kappa shape index (κ1) is 14.5. The van der Waals surface area contributed by atoms with Gasteiger partial charge in [0.25, 0.3) is 0 Å². The molecule has 0 saturated heterocycles. The van der Waals surface area contributed by atoms with E-state index in [1.54, 1.807) is 0 Å². The van der Waals surface area contributed by atoms with Crippen LogP contribution in [0.25, 0.3) is 5.57 Å². The van der Waals surface area contributed by atoms with Gasteiger partial charge in [-0.05, 0) is 30.5 Å². The molecule has 0 spiro atoms. The van der Waals surface area contributed by atoms with Gasteiger partial charge in [0, 0.05) is 14.5 Å². The van der Waals surface area contributed by atoms with Crippen LogP contribution in [-0.2, 0) is 11.2 Å². The molecule has 0 aliphatic rings. The zero-order valence-corrected chi connectivity index (χ0v) is 12.8. The van der Waals surface area contributed by atoms with E-state index in [9.17, 15) is 4.79 Å². The van der Waals surface area contributed by atoms with E-state index in [2.05, 4.69) is 45.4 Å². The molecule has 0 aromatic heterocycles. The van der Waals surface area contributed by atoms with Gasteiger partial charge >= 0.3 is 5.97 Å². The fourth-order valence-corrected chi connectivity index (χ4v) is 3.31. The minimum absolute atomic E-state index is 0.0887. The normalized spacial score (nSPS) is 10.3. The maximum absolute atomic E-state index is 10.9. The van der Waals surface area contributed by atoms with Crippen molar-refractivity contribution in [1.82, 2.24) is 0 Å². The number of hydrogen-bond acceptors (Lipinski definition) is 1. The SMILES string of the molecule is C=C(C(=O)O)c1c(Br)cc(CCCC)cc1Br. The third-order valence-electron chi connectivity index (χ3n) is 2.48. The molecule has 4 heteroatoms. The van der Waals surface area contributed by atoms with E-state index in [4.69, 9.17) is 5.11 Å². The molecule has 0 radical (unpaired) electrons. The van der Waals surface area contributed by atoms with Crippen molar-refractivity contribution in [3.05, 3.63) is 38.8 Å². The fraction of sp³-hybridized carbons (Fsp3) is 0.308. The van der Waals surface area contributed by atoms with Crippen molar-refractivity contribution in [3.63, 3.8) is 0 Å². The first-order valence-corrected chi connectivity index (χ1v) is 6.96. The summed E-state index contributed by atoms with van der Waals surface area (Å²) in [6.45, 7) is 5.72. The van der Waals surface area contributed by atoms with Crippen LogP contribution in [0, 0.1) is 0 Å². The molecular formula is C13H14Br2O2. The molecular weight excluding hydrogens is 348 g/mol. The lowest BCUT2D eigenvalue weighted by Gasteiger charge is -2.10. The molecule has 1 aromatic rings. The molecule has 17 heavy (non-hydrogen) atoms. The highest BCUT2D eigenvalue weighted by atomic mass is 79.9. The Morgan fingerprint density at radius 1 is 1.35 bits per heavy atom. The van der Waals surface area contributed by atoms with Crippen molar-refractivity contribution in [1.29, 1.82) is 0 Å². The van der Waals surface area contributed by atoms with Crippen LogP contribution in [-0.4, -0.2) is 11.1 Å². The highest BCUT2D eigenvalue weighted by molar-refractivity contribution is 9.11. The summed E-state index contributed by atoms with van der Waals surface area (Å²) in [5, 5.41) is 8.95. The summed E-state index contributed by atoms with van der Waals surface area (Å²) in [7, 11) is 0. The van der Waals surface area contributed by atoms with Crippen LogP contribution in [0.3, 0.4) is 0 Å². The van der Waals surface area contributed by atoms with Gasteiger partial charge in [-0.1, -0.05) is 51.8 Å². The molecule has 1 aromatic carbocycles. The highest BCUT2D eigenvalue weighted by Crippen LogP contribution is 2.33. The van der Waals surface area contributed by atoms with E-state index in [1.807, 2.05) is 12.1 Å². The summed E-state index contributed by atoms with van der Waals surface area (Å²) in [5.41, 5.74) is 1.89. The zero-order valence-electron chi connectivity index (χ0n) is 9.59. The Bertz CT molecular complexity index is 430. The number of carbonyl (C=O) groups is 1. The molecule has 92 valence electrons. The Kier molecular flexibility index (Phi) is 5.40. The first-order valence-electron chi connectivity index (χ1n) is 5.37. The van der Waals surface area contributed by atoms with Crippen molar-refractivity contribution in [2.45, 2.75) is 26.2 Å². The standard InChI is InChI=1S/C13H14Br2O2/c1-3-4-5-9-6-10(14)12(11(15)7-9)8(2)13(16)17/h6-7H,2-5H2,1H3,(H,16,17). The summed E-state index contributed by atoms with van der Waals surface area (Å²) in [5.74, 6) is -1.01. The summed E-state index contributed by atoms with van der Waals surface area (Å²) < 4.78 is 1.54. The zero-order chi connectivity index (χ0) is 13.0. The van der Waals surface area contributed by atoms with E-state index >= 15 is 0 Å². The van der Waals surface area contributed by atoms with E-state index < -0.39 is 5.97 Å². The van der Waals surface area contributed by atoms with Crippen molar-refractivity contribution in [3.8, 4) is 0 Å². The largest absolute Gasteiger partial charge is 0.478 e. The second-order valence-corrected chi connectivity index (χ2v) is 5.53.